The van der Waals surface area contributed by atoms with Crippen molar-refractivity contribution in [3.8, 4) is 5.75 Å². The average molecular weight is 378 g/mol. The average Bonchev–Trinajstić information content (AvgIpc) is 3.55. The summed E-state index contributed by atoms with van der Waals surface area (Å²) in [5, 5.41) is 3.18. The van der Waals surface area contributed by atoms with Crippen molar-refractivity contribution in [3.05, 3.63) is 54.1 Å². The fraction of sp³-hybridized carbons (Fsp3) is 0.500. The molecule has 1 saturated heterocycles. The van der Waals surface area contributed by atoms with Gasteiger partial charge in [0.1, 0.15) is 17.0 Å². The van der Waals surface area contributed by atoms with E-state index in [2.05, 4.69) is 20.2 Å². The number of para-hydroxylation sites is 1. The minimum Gasteiger partial charge on any atom is -0.487 e. The molecular formula is C22H26N4O2. The van der Waals surface area contributed by atoms with Crippen LogP contribution in [0.3, 0.4) is 0 Å². The number of fused-ring (bicyclic) bond motifs is 1. The molecule has 1 saturated carbocycles. The third kappa shape index (κ3) is 3.61. The molecule has 0 bridgehead atoms. The molecule has 3 heterocycles. The van der Waals surface area contributed by atoms with Gasteiger partial charge in [-0.3, -0.25) is 9.78 Å². The second-order valence-corrected chi connectivity index (χ2v) is 8.39. The Morgan fingerprint density at radius 1 is 1.21 bits per heavy atom. The third-order valence-corrected chi connectivity index (χ3v) is 6.28. The molecule has 1 aliphatic carbocycles. The van der Waals surface area contributed by atoms with Crippen LogP contribution in [-0.2, 0) is 0 Å². The Kier molecular flexibility index (Phi) is 4.51. The summed E-state index contributed by atoms with van der Waals surface area (Å²) in [6.07, 6.45) is 10.2. The zero-order valence-electron chi connectivity index (χ0n) is 16.0. The first-order valence-electron chi connectivity index (χ1n) is 10.3. The number of nitrogens with zero attached hydrogens (tertiary/aromatic N) is 3. The van der Waals surface area contributed by atoms with Gasteiger partial charge in [-0.2, -0.15) is 0 Å². The molecule has 2 fully saturated rings. The molecule has 1 aromatic heterocycles. The van der Waals surface area contributed by atoms with Crippen molar-refractivity contribution in [2.75, 3.05) is 19.6 Å². The summed E-state index contributed by atoms with van der Waals surface area (Å²) in [5.41, 5.74) is 1.19. The maximum absolute atomic E-state index is 12.7. The molecule has 2 aromatic rings. The second kappa shape index (κ2) is 7.17. The zero-order valence-corrected chi connectivity index (χ0v) is 16.0. The van der Waals surface area contributed by atoms with Crippen molar-refractivity contribution in [1.82, 2.24) is 20.2 Å². The number of carbonyl (C=O) groups is 1. The van der Waals surface area contributed by atoms with Crippen LogP contribution in [-0.4, -0.2) is 46.0 Å². The number of piperidine rings is 1. The van der Waals surface area contributed by atoms with Crippen LogP contribution in [0.15, 0.2) is 42.9 Å². The van der Waals surface area contributed by atoms with E-state index in [0.29, 0.717) is 5.69 Å². The van der Waals surface area contributed by atoms with Crippen LogP contribution in [0.1, 0.15) is 54.2 Å². The minimum atomic E-state index is -0.200. The van der Waals surface area contributed by atoms with E-state index in [1.807, 2.05) is 24.3 Å². The summed E-state index contributed by atoms with van der Waals surface area (Å²) in [6.45, 7) is 3.38. The van der Waals surface area contributed by atoms with Crippen LogP contribution in [0.4, 0.5) is 0 Å². The number of hydrogen-bond donors (Lipinski definition) is 1. The first-order chi connectivity index (χ1) is 13.7. The molecule has 3 aliphatic rings. The summed E-state index contributed by atoms with van der Waals surface area (Å²) >= 11 is 0. The van der Waals surface area contributed by atoms with E-state index < -0.39 is 0 Å². The highest BCUT2D eigenvalue weighted by atomic mass is 16.5. The van der Waals surface area contributed by atoms with Gasteiger partial charge in [0.15, 0.2) is 0 Å². The first kappa shape index (κ1) is 17.6. The number of benzene rings is 1. The lowest BCUT2D eigenvalue weighted by Crippen LogP contribution is -2.52. The van der Waals surface area contributed by atoms with Crippen LogP contribution < -0.4 is 10.1 Å². The lowest BCUT2D eigenvalue weighted by Gasteiger charge is -2.47. The van der Waals surface area contributed by atoms with E-state index >= 15 is 0 Å². The van der Waals surface area contributed by atoms with Gasteiger partial charge >= 0.3 is 0 Å². The van der Waals surface area contributed by atoms with Crippen molar-refractivity contribution in [2.24, 2.45) is 5.92 Å². The van der Waals surface area contributed by atoms with Gasteiger partial charge < -0.3 is 15.0 Å². The number of aromatic nitrogens is 2. The SMILES string of the molecule is O=C(N[C@@H]1CC2(CCN(CC3CC3)CC2)Oc2ccccc21)c1cnccn1. The third-order valence-electron chi connectivity index (χ3n) is 6.28. The minimum absolute atomic E-state index is 0.0746. The van der Waals surface area contributed by atoms with Gasteiger partial charge in [0.25, 0.3) is 5.91 Å². The second-order valence-electron chi connectivity index (χ2n) is 8.39. The molecule has 28 heavy (non-hydrogen) atoms. The lowest BCUT2D eigenvalue weighted by atomic mass is 9.80. The predicted molar refractivity (Wildman–Crippen MR) is 105 cm³/mol. The van der Waals surface area contributed by atoms with E-state index in [-0.39, 0.29) is 17.6 Å². The van der Waals surface area contributed by atoms with Crippen LogP contribution in [0.5, 0.6) is 5.75 Å². The van der Waals surface area contributed by atoms with Crippen LogP contribution in [0.25, 0.3) is 0 Å². The maximum Gasteiger partial charge on any atom is 0.271 e. The van der Waals surface area contributed by atoms with Crippen molar-refractivity contribution < 1.29 is 9.53 Å². The topological polar surface area (TPSA) is 67.4 Å². The Morgan fingerprint density at radius 3 is 2.79 bits per heavy atom. The number of carbonyl (C=O) groups excluding carboxylic acids is 1. The highest BCUT2D eigenvalue weighted by Crippen LogP contribution is 2.44. The summed E-state index contributed by atoms with van der Waals surface area (Å²) in [5.74, 6) is 1.63. The molecule has 1 amide bonds. The van der Waals surface area contributed by atoms with Crippen molar-refractivity contribution in [3.63, 3.8) is 0 Å². The molecule has 1 N–H and O–H groups in total. The predicted octanol–water partition coefficient (Wildman–Crippen LogP) is 2.97. The molecule has 1 aromatic carbocycles. The molecule has 1 spiro atoms. The molecule has 0 radical (unpaired) electrons. The van der Waals surface area contributed by atoms with Gasteiger partial charge in [-0.1, -0.05) is 18.2 Å². The monoisotopic (exact) mass is 378 g/mol. The summed E-state index contributed by atoms with van der Waals surface area (Å²) < 4.78 is 6.54. The van der Waals surface area contributed by atoms with Gasteiger partial charge in [-0.25, -0.2) is 4.98 Å². The standard InChI is InChI=1S/C22H26N4O2/c27-21(19-14-23-9-10-24-19)25-18-13-22(28-20-4-2-1-3-17(18)20)7-11-26(12-8-22)15-16-5-6-16/h1-4,9-10,14,16,18H,5-8,11-13,15H2,(H,25,27)/t18-/m1/s1. The largest absolute Gasteiger partial charge is 0.487 e. The quantitative estimate of drug-likeness (QED) is 0.886. The van der Waals surface area contributed by atoms with Crippen molar-refractivity contribution in [1.29, 1.82) is 0 Å². The molecule has 5 rings (SSSR count). The Hall–Kier alpha value is -2.47. The number of hydrogen-bond acceptors (Lipinski definition) is 5. The summed E-state index contributed by atoms with van der Waals surface area (Å²) in [4.78, 5) is 23.4. The van der Waals surface area contributed by atoms with E-state index in [0.717, 1.165) is 49.6 Å². The molecule has 0 unspecified atom stereocenters. The normalized spacial score (nSPS) is 23.6. The first-order valence-corrected chi connectivity index (χ1v) is 10.3. The molecule has 1 atom stereocenters. The number of amides is 1. The number of likely N-dealkylation sites (tertiary alicyclic amines) is 1. The molecule has 6 nitrogen and oxygen atoms in total. The van der Waals surface area contributed by atoms with Crippen LogP contribution >= 0.6 is 0 Å². The fourth-order valence-corrected chi connectivity index (χ4v) is 4.51. The highest BCUT2D eigenvalue weighted by molar-refractivity contribution is 5.92. The zero-order chi connectivity index (χ0) is 19.0. The van der Waals surface area contributed by atoms with Crippen molar-refractivity contribution >= 4 is 5.91 Å². The highest BCUT2D eigenvalue weighted by Gasteiger charge is 2.44. The maximum atomic E-state index is 12.7. The number of rotatable bonds is 4. The van der Waals surface area contributed by atoms with Gasteiger partial charge in [0.05, 0.1) is 12.2 Å². The Morgan fingerprint density at radius 2 is 2.04 bits per heavy atom. The number of nitrogens with one attached hydrogen (secondary N) is 1. The fourth-order valence-electron chi connectivity index (χ4n) is 4.51. The van der Waals surface area contributed by atoms with Gasteiger partial charge in [0, 0.05) is 44.0 Å². The molecule has 146 valence electrons. The van der Waals surface area contributed by atoms with E-state index in [9.17, 15) is 4.79 Å². The molecular weight excluding hydrogens is 352 g/mol. The van der Waals surface area contributed by atoms with Crippen molar-refractivity contribution in [2.45, 2.75) is 43.7 Å². The van der Waals surface area contributed by atoms with Gasteiger partial charge in [0.2, 0.25) is 0 Å². The van der Waals surface area contributed by atoms with Gasteiger partial charge in [-0.05, 0) is 37.7 Å². The summed E-state index contributed by atoms with van der Waals surface area (Å²) in [6, 6.07) is 8.00. The Labute approximate surface area is 165 Å². The molecule has 2 aliphatic heterocycles. The molecule has 6 heteroatoms. The van der Waals surface area contributed by atoms with E-state index in [1.54, 1.807) is 12.4 Å². The van der Waals surface area contributed by atoms with Crippen LogP contribution in [0.2, 0.25) is 0 Å². The van der Waals surface area contributed by atoms with Gasteiger partial charge in [-0.15, -0.1) is 0 Å². The van der Waals surface area contributed by atoms with Crippen LogP contribution in [0, 0.1) is 5.92 Å². The number of ether oxygens (including phenoxy) is 1. The van der Waals surface area contributed by atoms with E-state index in [1.165, 1.54) is 25.6 Å². The Balaban J connectivity index is 1.34. The Bertz CT molecular complexity index is 845. The summed E-state index contributed by atoms with van der Waals surface area (Å²) in [7, 11) is 0. The lowest BCUT2D eigenvalue weighted by molar-refractivity contribution is -0.0254. The van der Waals surface area contributed by atoms with E-state index in [4.69, 9.17) is 4.74 Å². The smallest absolute Gasteiger partial charge is 0.271 e.